The fourth-order valence-electron chi connectivity index (χ4n) is 2.76. The molecule has 1 saturated carbocycles. The van der Waals surface area contributed by atoms with Crippen molar-refractivity contribution in [1.29, 1.82) is 0 Å². The number of carbonyl (C=O) groups excluding carboxylic acids is 1. The van der Waals surface area contributed by atoms with E-state index in [4.69, 9.17) is 9.47 Å². The van der Waals surface area contributed by atoms with Crippen molar-refractivity contribution in [1.82, 2.24) is 14.8 Å². The lowest BCUT2D eigenvalue weighted by molar-refractivity contribution is 0.0518. The summed E-state index contributed by atoms with van der Waals surface area (Å²) in [6.07, 6.45) is 5.59. The molecule has 2 aromatic rings. The molecule has 0 spiro atoms. The van der Waals surface area contributed by atoms with Crippen LogP contribution >= 0.6 is 0 Å². The zero-order chi connectivity index (χ0) is 17.1. The highest BCUT2D eigenvalue weighted by Gasteiger charge is 2.19. The van der Waals surface area contributed by atoms with Gasteiger partial charge in [-0.05, 0) is 44.2 Å². The van der Waals surface area contributed by atoms with Crippen LogP contribution in [0.25, 0.3) is 11.3 Å². The Kier molecular flexibility index (Phi) is 4.83. The van der Waals surface area contributed by atoms with Gasteiger partial charge in [0.2, 0.25) is 5.88 Å². The van der Waals surface area contributed by atoms with Crippen LogP contribution in [0.5, 0.6) is 5.88 Å². The van der Waals surface area contributed by atoms with Gasteiger partial charge in [0.05, 0.1) is 18.9 Å². The van der Waals surface area contributed by atoms with Crippen LogP contribution in [0.1, 0.15) is 42.2 Å². The molecule has 0 N–H and O–H groups in total. The second kappa shape index (κ2) is 7.03. The average Bonchev–Trinajstić information content (AvgIpc) is 2.88. The Morgan fingerprint density at radius 1 is 1.38 bits per heavy atom. The molecule has 128 valence electrons. The first-order chi connectivity index (χ1) is 11.6. The lowest BCUT2D eigenvalue weighted by Crippen LogP contribution is -2.19. The topological polar surface area (TPSA) is 66.2 Å². The molecule has 0 amide bonds. The van der Waals surface area contributed by atoms with Crippen molar-refractivity contribution in [2.45, 2.75) is 33.1 Å². The highest BCUT2D eigenvalue weighted by molar-refractivity contribution is 5.88. The Morgan fingerprint density at radius 3 is 2.79 bits per heavy atom. The zero-order valence-electron chi connectivity index (χ0n) is 14.4. The molecular weight excluding hydrogens is 306 g/mol. The van der Waals surface area contributed by atoms with Crippen molar-refractivity contribution < 1.29 is 14.3 Å². The van der Waals surface area contributed by atoms with Gasteiger partial charge in [-0.3, -0.25) is 4.68 Å². The Bertz CT molecular complexity index is 735. The first kappa shape index (κ1) is 16.5. The number of aromatic nitrogens is 3. The van der Waals surface area contributed by atoms with Crippen LogP contribution < -0.4 is 4.74 Å². The fraction of sp³-hybridized carbons (Fsp3) is 0.500. The normalized spacial score (nSPS) is 14.3. The molecule has 6 nitrogen and oxygen atoms in total. The van der Waals surface area contributed by atoms with Crippen molar-refractivity contribution >= 4 is 5.97 Å². The Balaban J connectivity index is 1.77. The molecule has 1 fully saturated rings. The SMILES string of the molecule is CCOC(=O)c1cc(-c2cnc(OCC3CCC3)cc2C)n(C)n1. The maximum atomic E-state index is 11.8. The Hall–Kier alpha value is -2.37. The zero-order valence-corrected chi connectivity index (χ0v) is 14.4. The number of nitrogens with zero attached hydrogens (tertiary/aromatic N) is 3. The summed E-state index contributed by atoms with van der Waals surface area (Å²) in [4.78, 5) is 16.2. The smallest absolute Gasteiger partial charge is 0.358 e. The van der Waals surface area contributed by atoms with Crippen LogP contribution in [0.2, 0.25) is 0 Å². The van der Waals surface area contributed by atoms with Gasteiger partial charge in [0.15, 0.2) is 5.69 Å². The number of rotatable bonds is 6. The number of carbonyl (C=O) groups is 1. The van der Waals surface area contributed by atoms with Crippen LogP contribution in [0.3, 0.4) is 0 Å². The molecule has 6 heteroatoms. The van der Waals surface area contributed by atoms with E-state index in [-0.39, 0.29) is 0 Å². The molecule has 3 rings (SSSR count). The third-order valence-corrected chi connectivity index (χ3v) is 4.42. The highest BCUT2D eigenvalue weighted by atomic mass is 16.5. The maximum absolute atomic E-state index is 11.8. The minimum absolute atomic E-state index is 0.305. The summed E-state index contributed by atoms with van der Waals surface area (Å²) in [7, 11) is 1.80. The van der Waals surface area contributed by atoms with E-state index in [0.717, 1.165) is 23.4 Å². The van der Waals surface area contributed by atoms with Crippen molar-refractivity contribution in [3.63, 3.8) is 0 Å². The van der Waals surface area contributed by atoms with E-state index in [1.54, 1.807) is 30.9 Å². The molecule has 0 aliphatic heterocycles. The number of hydrogen-bond acceptors (Lipinski definition) is 5. The Labute approximate surface area is 141 Å². The standard InChI is InChI=1S/C18H23N3O3/c1-4-23-18(22)15-9-16(21(3)20-15)14-10-19-17(8-12(14)2)24-11-13-6-5-7-13/h8-10,13H,4-7,11H2,1-3H3. The molecule has 1 aliphatic rings. The third kappa shape index (κ3) is 3.42. The fourth-order valence-corrected chi connectivity index (χ4v) is 2.76. The molecular formula is C18H23N3O3. The van der Waals surface area contributed by atoms with Crippen molar-refractivity contribution in [2.75, 3.05) is 13.2 Å². The van der Waals surface area contributed by atoms with E-state index >= 15 is 0 Å². The Morgan fingerprint density at radius 2 is 2.17 bits per heavy atom. The predicted octanol–water partition coefficient (Wildman–Crippen LogP) is 3.15. The summed E-state index contributed by atoms with van der Waals surface area (Å²) >= 11 is 0. The van der Waals surface area contributed by atoms with E-state index < -0.39 is 5.97 Å². The number of pyridine rings is 1. The molecule has 0 saturated heterocycles. The van der Waals surface area contributed by atoms with Gasteiger partial charge in [-0.1, -0.05) is 6.42 Å². The number of aryl methyl sites for hydroxylation is 2. The molecule has 2 aromatic heterocycles. The van der Waals surface area contributed by atoms with Crippen LogP contribution in [0.15, 0.2) is 18.3 Å². The van der Waals surface area contributed by atoms with Gasteiger partial charge in [0.25, 0.3) is 0 Å². The minimum atomic E-state index is -0.412. The van der Waals surface area contributed by atoms with Gasteiger partial charge in [0, 0.05) is 24.9 Å². The third-order valence-electron chi connectivity index (χ3n) is 4.42. The molecule has 0 radical (unpaired) electrons. The van der Waals surface area contributed by atoms with Crippen molar-refractivity contribution in [3.05, 3.63) is 29.6 Å². The summed E-state index contributed by atoms with van der Waals surface area (Å²) in [5.41, 5.74) is 3.09. The summed E-state index contributed by atoms with van der Waals surface area (Å²) in [5.74, 6) is 0.914. The van der Waals surface area contributed by atoms with Crippen LogP contribution in [-0.4, -0.2) is 33.9 Å². The summed E-state index contributed by atoms with van der Waals surface area (Å²) in [5, 5.41) is 4.23. The molecule has 0 aromatic carbocycles. The van der Waals surface area contributed by atoms with Gasteiger partial charge in [-0.25, -0.2) is 9.78 Å². The predicted molar refractivity (Wildman–Crippen MR) is 90.0 cm³/mol. The van der Waals surface area contributed by atoms with Crippen molar-refractivity contribution in [2.24, 2.45) is 13.0 Å². The molecule has 2 heterocycles. The van der Waals surface area contributed by atoms with Crippen LogP contribution in [0.4, 0.5) is 0 Å². The largest absolute Gasteiger partial charge is 0.477 e. The lowest BCUT2D eigenvalue weighted by atomic mass is 9.86. The summed E-state index contributed by atoms with van der Waals surface area (Å²) in [6, 6.07) is 3.67. The molecule has 0 atom stereocenters. The van der Waals surface area contributed by atoms with Gasteiger partial charge in [0.1, 0.15) is 0 Å². The summed E-state index contributed by atoms with van der Waals surface area (Å²) in [6.45, 7) is 4.85. The van der Waals surface area contributed by atoms with Gasteiger partial charge < -0.3 is 9.47 Å². The quantitative estimate of drug-likeness (QED) is 0.762. The lowest BCUT2D eigenvalue weighted by Gasteiger charge is -2.24. The highest BCUT2D eigenvalue weighted by Crippen LogP contribution is 2.28. The summed E-state index contributed by atoms with van der Waals surface area (Å²) < 4.78 is 12.5. The van der Waals surface area contributed by atoms with Crippen LogP contribution in [0, 0.1) is 12.8 Å². The van der Waals surface area contributed by atoms with Gasteiger partial charge in [-0.15, -0.1) is 0 Å². The molecule has 24 heavy (non-hydrogen) atoms. The van der Waals surface area contributed by atoms with E-state index in [2.05, 4.69) is 10.1 Å². The molecule has 0 bridgehead atoms. The first-order valence-electron chi connectivity index (χ1n) is 8.39. The second-order valence-corrected chi connectivity index (χ2v) is 6.20. The second-order valence-electron chi connectivity index (χ2n) is 6.20. The van der Waals surface area contributed by atoms with Crippen LogP contribution in [-0.2, 0) is 11.8 Å². The number of hydrogen-bond donors (Lipinski definition) is 0. The van der Waals surface area contributed by atoms with Crippen molar-refractivity contribution in [3.8, 4) is 17.1 Å². The minimum Gasteiger partial charge on any atom is -0.477 e. The van der Waals surface area contributed by atoms with Gasteiger partial charge in [-0.2, -0.15) is 5.10 Å². The van der Waals surface area contributed by atoms with Gasteiger partial charge >= 0.3 is 5.97 Å². The van der Waals surface area contributed by atoms with E-state index in [1.807, 2.05) is 13.0 Å². The molecule has 0 unspecified atom stereocenters. The molecule has 1 aliphatic carbocycles. The van der Waals surface area contributed by atoms with E-state index in [0.29, 0.717) is 24.1 Å². The number of esters is 1. The average molecular weight is 329 g/mol. The van der Waals surface area contributed by atoms with E-state index in [1.165, 1.54) is 19.3 Å². The monoisotopic (exact) mass is 329 g/mol. The van der Waals surface area contributed by atoms with E-state index in [9.17, 15) is 4.79 Å². The maximum Gasteiger partial charge on any atom is 0.358 e. The number of ether oxygens (including phenoxy) is 2. The first-order valence-corrected chi connectivity index (χ1v) is 8.39.